The van der Waals surface area contributed by atoms with Crippen LogP contribution in [0.5, 0.6) is 0 Å². The Bertz CT molecular complexity index is 618. The Hall–Kier alpha value is -1.87. The summed E-state index contributed by atoms with van der Waals surface area (Å²) in [5.41, 5.74) is 0.499. The summed E-state index contributed by atoms with van der Waals surface area (Å²) >= 11 is 3.33. The van der Waals surface area contributed by atoms with E-state index < -0.39 is 6.04 Å². The zero-order chi connectivity index (χ0) is 17.5. The van der Waals surface area contributed by atoms with Crippen molar-refractivity contribution in [3.63, 3.8) is 0 Å². The Labute approximate surface area is 151 Å². The topological polar surface area (TPSA) is 73.2 Å². The average molecular weight is 392 g/mol. The molecular formula is C18H22BrN3O2. The van der Waals surface area contributed by atoms with Crippen molar-refractivity contribution in [3.8, 4) is 6.19 Å². The molecule has 1 N–H and O–H groups in total. The molecule has 2 amide bonds. The third-order valence-corrected chi connectivity index (χ3v) is 5.01. The molecule has 1 aromatic carbocycles. The van der Waals surface area contributed by atoms with Gasteiger partial charge in [0.2, 0.25) is 0 Å². The van der Waals surface area contributed by atoms with Crippen molar-refractivity contribution in [3.05, 3.63) is 34.3 Å². The van der Waals surface area contributed by atoms with Gasteiger partial charge in [-0.2, -0.15) is 5.26 Å². The quantitative estimate of drug-likeness (QED) is 0.616. The second-order valence-corrected chi connectivity index (χ2v) is 7.19. The van der Waals surface area contributed by atoms with Gasteiger partial charge in [-0.25, -0.2) is 0 Å². The highest BCUT2D eigenvalue weighted by atomic mass is 79.9. The first-order chi connectivity index (χ1) is 11.5. The van der Waals surface area contributed by atoms with Gasteiger partial charge in [-0.05, 0) is 36.6 Å². The highest BCUT2D eigenvalue weighted by Gasteiger charge is 2.28. The summed E-state index contributed by atoms with van der Waals surface area (Å²) in [5, 5.41) is 11.8. The normalized spacial score (nSPS) is 16.0. The molecule has 0 heterocycles. The first kappa shape index (κ1) is 18.5. The van der Waals surface area contributed by atoms with Gasteiger partial charge >= 0.3 is 0 Å². The van der Waals surface area contributed by atoms with E-state index in [4.69, 9.17) is 5.26 Å². The summed E-state index contributed by atoms with van der Waals surface area (Å²) in [6, 6.07) is 6.32. The fourth-order valence-corrected chi connectivity index (χ4v) is 3.37. The summed E-state index contributed by atoms with van der Waals surface area (Å²) in [6.45, 7) is 0. The van der Waals surface area contributed by atoms with Crippen LogP contribution in [0.2, 0.25) is 0 Å². The highest BCUT2D eigenvalue weighted by molar-refractivity contribution is 9.10. The van der Waals surface area contributed by atoms with Gasteiger partial charge in [-0.3, -0.25) is 14.5 Å². The third-order valence-electron chi connectivity index (χ3n) is 4.48. The lowest BCUT2D eigenvalue weighted by atomic mass is 9.84. The van der Waals surface area contributed by atoms with Crippen molar-refractivity contribution in [2.75, 3.05) is 7.05 Å². The number of nitrogens with zero attached hydrogens (tertiary/aromatic N) is 2. The van der Waals surface area contributed by atoms with Crippen molar-refractivity contribution >= 4 is 27.7 Å². The number of nitrogens with one attached hydrogen (secondary N) is 1. The standard InChI is InChI=1S/C18H22BrN3O2/c1-22(12-20)18(24)16(11-13-5-3-2-4-6-13)21-17(23)14-7-9-15(19)10-8-14/h7-10,13,16H,2-6,11H2,1H3,(H,21,23)/t16-/m0/s1. The number of carbonyl (C=O) groups excluding carboxylic acids is 2. The van der Waals surface area contributed by atoms with Gasteiger partial charge < -0.3 is 5.32 Å². The van der Waals surface area contributed by atoms with E-state index in [0.717, 1.165) is 22.2 Å². The minimum absolute atomic E-state index is 0.289. The molecule has 1 aliphatic carbocycles. The van der Waals surface area contributed by atoms with E-state index in [1.807, 2.05) is 6.19 Å². The maximum absolute atomic E-state index is 12.5. The van der Waals surface area contributed by atoms with Gasteiger partial charge in [0, 0.05) is 17.1 Å². The first-order valence-electron chi connectivity index (χ1n) is 8.25. The molecule has 1 atom stereocenters. The molecule has 1 saturated carbocycles. The molecule has 5 nitrogen and oxygen atoms in total. The number of nitriles is 1. The number of halogens is 1. The molecule has 0 aliphatic heterocycles. The predicted octanol–water partition coefficient (Wildman–Crippen LogP) is 3.46. The van der Waals surface area contributed by atoms with E-state index in [-0.39, 0.29) is 11.8 Å². The number of rotatable bonds is 5. The molecule has 0 saturated heterocycles. The lowest BCUT2D eigenvalue weighted by molar-refractivity contribution is -0.129. The molecule has 0 aromatic heterocycles. The van der Waals surface area contributed by atoms with E-state index in [0.29, 0.717) is 17.9 Å². The molecule has 128 valence electrons. The van der Waals surface area contributed by atoms with Crippen LogP contribution in [0.25, 0.3) is 0 Å². The van der Waals surface area contributed by atoms with Gasteiger partial charge in [-0.15, -0.1) is 0 Å². The van der Waals surface area contributed by atoms with Crippen LogP contribution in [0.4, 0.5) is 0 Å². The van der Waals surface area contributed by atoms with Crippen LogP contribution in [-0.4, -0.2) is 29.8 Å². The Morgan fingerprint density at radius 2 is 1.92 bits per heavy atom. The average Bonchev–Trinajstić information content (AvgIpc) is 2.61. The Morgan fingerprint density at radius 3 is 2.50 bits per heavy atom. The summed E-state index contributed by atoms with van der Waals surface area (Å²) in [4.78, 5) is 25.9. The zero-order valence-electron chi connectivity index (χ0n) is 13.8. The van der Waals surface area contributed by atoms with Crippen LogP contribution in [0, 0.1) is 17.4 Å². The molecule has 0 unspecified atom stereocenters. The third kappa shape index (κ3) is 5.07. The predicted molar refractivity (Wildman–Crippen MR) is 95.0 cm³/mol. The molecule has 1 aromatic rings. The molecule has 0 spiro atoms. The summed E-state index contributed by atoms with van der Waals surface area (Å²) in [7, 11) is 1.43. The summed E-state index contributed by atoms with van der Waals surface area (Å²) in [5.74, 6) is -0.221. The van der Waals surface area contributed by atoms with Crippen molar-refractivity contribution in [1.82, 2.24) is 10.2 Å². The minimum Gasteiger partial charge on any atom is -0.340 e. The van der Waals surface area contributed by atoms with Crippen LogP contribution in [-0.2, 0) is 4.79 Å². The number of carbonyl (C=O) groups is 2. The fraction of sp³-hybridized carbons (Fsp3) is 0.500. The lowest BCUT2D eigenvalue weighted by Gasteiger charge is -2.27. The van der Waals surface area contributed by atoms with Gasteiger partial charge in [0.05, 0.1) is 0 Å². The Balaban J connectivity index is 2.09. The van der Waals surface area contributed by atoms with Gasteiger partial charge in [-0.1, -0.05) is 48.0 Å². The molecule has 6 heteroatoms. The molecule has 1 aliphatic rings. The number of benzene rings is 1. The first-order valence-corrected chi connectivity index (χ1v) is 9.04. The Kier molecular flexibility index (Phi) is 6.80. The molecule has 0 radical (unpaired) electrons. The molecule has 2 rings (SSSR count). The smallest absolute Gasteiger partial charge is 0.257 e. The summed E-state index contributed by atoms with van der Waals surface area (Å²) < 4.78 is 0.887. The largest absolute Gasteiger partial charge is 0.340 e. The highest BCUT2D eigenvalue weighted by Crippen LogP contribution is 2.27. The van der Waals surface area contributed by atoms with Gasteiger partial charge in [0.15, 0.2) is 6.19 Å². The van der Waals surface area contributed by atoms with E-state index >= 15 is 0 Å². The minimum atomic E-state index is -0.658. The maximum atomic E-state index is 12.5. The molecule has 1 fully saturated rings. The zero-order valence-corrected chi connectivity index (χ0v) is 15.4. The van der Waals surface area contributed by atoms with Crippen molar-refractivity contribution in [2.24, 2.45) is 5.92 Å². The van der Waals surface area contributed by atoms with Crippen molar-refractivity contribution in [1.29, 1.82) is 5.26 Å². The lowest BCUT2D eigenvalue weighted by Crippen LogP contribution is -2.47. The number of hydrogen-bond donors (Lipinski definition) is 1. The van der Waals surface area contributed by atoms with Crippen LogP contribution < -0.4 is 5.32 Å². The van der Waals surface area contributed by atoms with Crippen molar-refractivity contribution < 1.29 is 9.59 Å². The second kappa shape index (κ2) is 8.84. The maximum Gasteiger partial charge on any atom is 0.257 e. The number of hydrogen-bond acceptors (Lipinski definition) is 3. The van der Waals surface area contributed by atoms with E-state index in [1.165, 1.54) is 26.3 Å². The molecule has 0 bridgehead atoms. The van der Waals surface area contributed by atoms with Crippen LogP contribution in [0.1, 0.15) is 48.9 Å². The SMILES string of the molecule is CN(C#N)C(=O)[C@H](CC1CCCCC1)NC(=O)c1ccc(Br)cc1. The second-order valence-electron chi connectivity index (χ2n) is 6.27. The Morgan fingerprint density at radius 1 is 1.29 bits per heavy atom. The number of amides is 2. The molecule has 24 heavy (non-hydrogen) atoms. The van der Waals surface area contributed by atoms with Crippen LogP contribution >= 0.6 is 15.9 Å². The van der Waals surface area contributed by atoms with E-state index in [9.17, 15) is 9.59 Å². The van der Waals surface area contributed by atoms with E-state index in [1.54, 1.807) is 24.3 Å². The van der Waals surface area contributed by atoms with Gasteiger partial charge in [0.25, 0.3) is 11.8 Å². The van der Waals surface area contributed by atoms with Crippen LogP contribution in [0.3, 0.4) is 0 Å². The monoisotopic (exact) mass is 391 g/mol. The molecular weight excluding hydrogens is 370 g/mol. The van der Waals surface area contributed by atoms with Gasteiger partial charge in [0.1, 0.15) is 6.04 Å². The van der Waals surface area contributed by atoms with Crippen molar-refractivity contribution in [2.45, 2.75) is 44.6 Å². The summed E-state index contributed by atoms with van der Waals surface area (Å²) in [6.07, 6.45) is 8.14. The van der Waals surface area contributed by atoms with E-state index in [2.05, 4.69) is 21.2 Å². The van der Waals surface area contributed by atoms with Crippen LogP contribution in [0.15, 0.2) is 28.7 Å². The number of likely N-dealkylation sites (N-methyl/N-ethyl adjacent to an activating group) is 1. The fourth-order valence-electron chi connectivity index (χ4n) is 3.10.